The monoisotopic (exact) mass is 460 g/mol. The van der Waals surface area contributed by atoms with Crippen LogP contribution >= 0.6 is 11.6 Å². The lowest BCUT2D eigenvalue weighted by atomic mass is 10.0. The first-order valence-electron chi connectivity index (χ1n) is 10.5. The zero-order valence-corrected chi connectivity index (χ0v) is 19.6. The molecular formula is C24H29ClN2O5. The molecule has 1 fully saturated rings. The highest BCUT2D eigenvalue weighted by Gasteiger charge is 2.24. The molecule has 2 aromatic carbocycles. The lowest BCUT2D eigenvalue weighted by Gasteiger charge is -2.34. The number of halogens is 1. The maximum Gasteiger partial charge on any atom is 0.407 e. The average molecular weight is 461 g/mol. The van der Waals surface area contributed by atoms with E-state index >= 15 is 0 Å². The smallest absolute Gasteiger partial charge is 0.407 e. The third kappa shape index (κ3) is 6.53. The molecule has 1 saturated heterocycles. The van der Waals surface area contributed by atoms with Crippen molar-refractivity contribution in [2.75, 3.05) is 25.1 Å². The van der Waals surface area contributed by atoms with Gasteiger partial charge in [-0.2, -0.15) is 0 Å². The van der Waals surface area contributed by atoms with Crippen LogP contribution in [0.2, 0.25) is 5.02 Å². The summed E-state index contributed by atoms with van der Waals surface area (Å²) in [5, 5.41) is 3.41. The lowest BCUT2D eigenvalue weighted by Crippen LogP contribution is -2.46. The second kappa shape index (κ2) is 10.1. The van der Waals surface area contributed by atoms with Crippen molar-refractivity contribution in [3.63, 3.8) is 0 Å². The Hall–Kier alpha value is -2.93. The van der Waals surface area contributed by atoms with Gasteiger partial charge in [0.05, 0.1) is 17.7 Å². The number of ether oxygens (including phenoxy) is 3. The van der Waals surface area contributed by atoms with E-state index in [-0.39, 0.29) is 6.04 Å². The molecule has 0 aromatic heterocycles. The second-order valence-corrected chi connectivity index (χ2v) is 9.05. The van der Waals surface area contributed by atoms with Crippen molar-refractivity contribution in [2.45, 2.75) is 45.3 Å². The predicted molar refractivity (Wildman–Crippen MR) is 124 cm³/mol. The Morgan fingerprint density at radius 1 is 1.09 bits per heavy atom. The maximum atomic E-state index is 12.2. The summed E-state index contributed by atoms with van der Waals surface area (Å²) < 4.78 is 16.2. The number of carbonyl (C=O) groups excluding carboxylic acids is 2. The van der Waals surface area contributed by atoms with Crippen molar-refractivity contribution in [1.82, 2.24) is 5.32 Å². The molecule has 7 nitrogen and oxygen atoms in total. The third-order valence-corrected chi connectivity index (χ3v) is 5.27. The van der Waals surface area contributed by atoms with Crippen LogP contribution in [0.1, 0.15) is 44.0 Å². The number of alkyl carbamates (subject to hydrolysis) is 1. The van der Waals surface area contributed by atoms with Crippen LogP contribution in [0.4, 0.5) is 10.5 Å². The molecule has 0 atom stereocenters. The van der Waals surface area contributed by atoms with Crippen molar-refractivity contribution in [1.29, 1.82) is 0 Å². The van der Waals surface area contributed by atoms with Gasteiger partial charge in [-0.1, -0.05) is 23.7 Å². The minimum absolute atomic E-state index is 0.0312. The Kier molecular flexibility index (Phi) is 7.51. The molecule has 1 aliphatic rings. The summed E-state index contributed by atoms with van der Waals surface area (Å²) in [5.74, 6) is 0.546. The molecule has 1 heterocycles. The molecule has 3 rings (SSSR count). The molecule has 2 aromatic rings. The van der Waals surface area contributed by atoms with Gasteiger partial charge in [0.15, 0.2) is 0 Å². The zero-order valence-electron chi connectivity index (χ0n) is 18.8. The normalized spacial score (nSPS) is 14.6. The molecule has 0 saturated carbocycles. The van der Waals surface area contributed by atoms with Crippen LogP contribution in [-0.4, -0.2) is 43.9 Å². The van der Waals surface area contributed by atoms with Crippen molar-refractivity contribution in [3.05, 3.63) is 53.1 Å². The predicted octanol–water partition coefficient (Wildman–Crippen LogP) is 5.41. The summed E-state index contributed by atoms with van der Waals surface area (Å²) in [7, 11) is 1.34. The average Bonchev–Trinajstić information content (AvgIpc) is 2.73. The zero-order chi connectivity index (χ0) is 23.3. The summed E-state index contributed by atoms with van der Waals surface area (Å²) in [6.45, 7) is 6.93. The molecule has 32 heavy (non-hydrogen) atoms. The summed E-state index contributed by atoms with van der Waals surface area (Å²) in [5.41, 5.74) is 0.698. The molecule has 172 valence electrons. The van der Waals surface area contributed by atoms with E-state index in [0.717, 1.165) is 18.5 Å². The number of nitrogens with zero attached hydrogens (tertiary/aromatic N) is 1. The second-order valence-electron chi connectivity index (χ2n) is 8.65. The summed E-state index contributed by atoms with van der Waals surface area (Å²) in [6.07, 6.45) is 1.10. The van der Waals surface area contributed by atoms with Gasteiger partial charge in [0.2, 0.25) is 0 Å². The van der Waals surface area contributed by atoms with Gasteiger partial charge < -0.3 is 24.4 Å². The van der Waals surface area contributed by atoms with E-state index in [0.29, 0.717) is 35.2 Å². The Balaban J connectivity index is 1.72. The van der Waals surface area contributed by atoms with Gasteiger partial charge in [-0.3, -0.25) is 0 Å². The van der Waals surface area contributed by atoms with Gasteiger partial charge in [-0.25, -0.2) is 9.59 Å². The fourth-order valence-electron chi connectivity index (χ4n) is 3.47. The Labute approximate surface area is 193 Å². The molecule has 1 N–H and O–H groups in total. The van der Waals surface area contributed by atoms with Crippen molar-refractivity contribution in [3.8, 4) is 11.5 Å². The number of para-hydroxylation sites is 1. The number of hydrogen-bond acceptors (Lipinski definition) is 6. The number of benzene rings is 2. The molecule has 0 bridgehead atoms. The lowest BCUT2D eigenvalue weighted by molar-refractivity contribution is 0.0496. The summed E-state index contributed by atoms with van der Waals surface area (Å²) in [4.78, 5) is 26.4. The SMILES string of the molecule is COC(=O)c1cc(Oc2ccccc2Cl)cc(N2CCC(NC(=O)OC(C)(C)C)CC2)c1. The number of piperidine rings is 1. The number of nitrogens with one attached hydrogen (secondary N) is 1. The van der Waals surface area contributed by atoms with E-state index in [1.807, 2.05) is 39.0 Å². The number of rotatable bonds is 5. The Morgan fingerprint density at radius 3 is 2.41 bits per heavy atom. The molecule has 0 spiro atoms. The number of amides is 1. The van der Waals surface area contributed by atoms with E-state index in [1.54, 1.807) is 24.3 Å². The number of carbonyl (C=O) groups is 2. The molecule has 0 radical (unpaired) electrons. The van der Waals surface area contributed by atoms with Crippen LogP contribution in [0.3, 0.4) is 0 Å². The maximum absolute atomic E-state index is 12.2. The van der Waals surface area contributed by atoms with Crippen LogP contribution < -0.4 is 15.0 Å². The minimum Gasteiger partial charge on any atom is -0.465 e. The summed E-state index contributed by atoms with van der Waals surface area (Å²) in [6, 6.07) is 12.5. The number of methoxy groups -OCH3 is 1. The van der Waals surface area contributed by atoms with Crippen LogP contribution in [0.15, 0.2) is 42.5 Å². The molecule has 8 heteroatoms. The van der Waals surface area contributed by atoms with Crippen LogP contribution in [0.25, 0.3) is 0 Å². The van der Waals surface area contributed by atoms with E-state index in [4.69, 9.17) is 25.8 Å². The van der Waals surface area contributed by atoms with Gasteiger partial charge in [-0.15, -0.1) is 0 Å². The molecule has 1 amide bonds. The van der Waals surface area contributed by atoms with E-state index < -0.39 is 17.7 Å². The molecule has 0 aliphatic carbocycles. The standard InChI is InChI=1S/C24H29ClN2O5/c1-24(2,3)32-23(29)26-17-9-11-27(12-10-17)18-13-16(22(28)30-4)14-19(15-18)31-21-8-6-5-7-20(21)25/h5-8,13-15,17H,9-12H2,1-4H3,(H,26,29). The number of anilines is 1. The first-order valence-corrected chi connectivity index (χ1v) is 10.9. The van der Waals surface area contributed by atoms with Gasteiger partial charge in [0, 0.05) is 30.9 Å². The van der Waals surface area contributed by atoms with Crippen LogP contribution in [0, 0.1) is 0 Å². The third-order valence-electron chi connectivity index (χ3n) is 4.96. The highest BCUT2D eigenvalue weighted by Crippen LogP contribution is 2.33. The van der Waals surface area contributed by atoms with Crippen LogP contribution in [0.5, 0.6) is 11.5 Å². The first-order chi connectivity index (χ1) is 15.1. The fourth-order valence-corrected chi connectivity index (χ4v) is 3.65. The van der Waals surface area contributed by atoms with Crippen molar-refractivity contribution >= 4 is 29.4 Å². The summed E-state index contributed by atoms with van der Waals surface area (Å²) >= 11 is 6.22. The van der Waals surface area contributed by atoms with Gasteiger partial charge in [-0.05, 0) is 57.9 Å². The van der Waals surface area contributed by atoms with Crippen molar-refractivity contribution in [2.24, 2.45) is 0 Å². The highest BCUT2D eigenvalue weighted by molar-refractivity contribution is 6.32. The largest absolute Gasteiger partial charge is 0.465 e. The quantitative estimate of drug-likeness (QED) is 0.601. The molecule has 1 aliphatic heterocycles. The Morgan fingerprint density at radius 2 is 1.78 bits per heavy atom. The topological polar surface area (TPSA) is 77.1 Å². The molecular weight excluding hydrogens is 432 g/mol. The Bertz CT molecular complexity index is 965. The number of hydrogen-bond donors (Lipinski definition) is 1. The minimum atomic E-state index is -0.531. The number of esters is 1. The van der Waals surface area contributed by atoms with E-state index in [1.165, 1.54) is 7.11 Å². The molecule has 0 unspecified atom stereocenters. The first kappa shape index (κ1) is 23.7. The van der Waals surface area contributed by atoms with E-state index in [9.17, 15) is 9.59 Å². The highest BCUT2D eigenvalue weighted by atomic mass is 35.5. The fraction of sp³-hybridized carbons (Fsp3) is 0.417. The van der Waals surface area contributed by atoms with Gasteiger partial charge >= 0.3 is 12.1 Å². The van der Waals surface area contributed by atoms with Crippen LogP contribution in [-0.2, 0) is 9.47 Å². The van der Waals surface area contributed by atoms with Gasteiger partial charge in [0.1, 0.15) is 17.1 Å². The van der Waals surface area contributed by atoms with Gasteiger partial charge in [0.25, 0.3) is 0 Å². The van der Waals surface area contributed by atoms with E-state index in [2.05, 4.69) is 10.2 Å². The van der Waals surface area contributed by atoms with Crippen molar-refractivity contribution < 1.29 is 23.8 Å².